The SMILES string of the molecule is CC(C)Nc1nc(NCCO)nc(N(C)Cc2cscn2)n1. The van der Waals surface area contributed by atoms with E-state index in [1.54, 1.807) is 16.8 Å². The first-order valence-electron chi connectivity index (χ1n) is 7.04. The van der Waals surface area contributed by atoms with Crippen LogP contribution in [0.5, 0.6) is 0 Å². The first kappa shape index (κ1) is 16.4. The van der Waals surface area contributed by atoms with Gasteiger partial charge in [0, 0.05) is 25.0 Å². The van der Waals surface area contributed by atoms with Crippen LogP contribution in [0.3, 0.4) is 0 Å². The summed E-state index contributed by atoms with van der Waals surface area (Å²) >= 11 is 1.56. The molecule has 0 atom stereocenters. The van der Waals surface area contributed by atoms with E-state index in [2.05, 4.69) is 30.6 Å². The molecule has 120 valence electrons. The molecular weight excluding hydrogens is 302 g/mol. The molecule has 0 unspecified atom stereocenters. The highest BCUT2D eigenvalue weighted by Gasteiger charge is 2.12. The van der Waals surface area contributed by atoms with Crippen molar-refractivity contribution in [3.05, 3.63) is 16.6 Å². The molecule has 2 heterocycles. The van der Waals surface area contributed by atoms with Crippen LogP contribution in [0.2, 0.25) is 0 Å². The number of hydrogen-bond donors (Lipinski definition) is 3. The van der Waals surface area contributed by atoms with E-state index in [0.29, 0.717) is 30.9 Å². The van der Waals surface area contributed by atoms with Crippen molar-refractivity contribution in [1.29, 1.82) is 0 Å². The van der Waals surface area contributed by atoms with E-state index in [4.69, 9.17) is 5.11 Å². The third kappa shape index (κ3) is 4.78. The number of aromatic nitrogens is 4. The fourth-order valence-corrected chi connectivity index (χ4v) is 2.28. The Morgan fingerprint density at radius 3 is 2.68 bits per heavy atom. The Morgan fingerprint density at radius 1 is 1.27 bits per heavy atom. The van der Waals surface area contributed by atoms with Crippen LogP contribution in [0.25, 0.3) is 0 Å². The molecule has 2 rings (SSSR count). The number of thiazole rings is 1. The topological polar surface area (TPSA) is 99.1 Å². The molecule has 9 heteroatoms. The van der Waals surface area contributed by atoms with E-state index >= 15 is 0 Å². The molecule has 3 N–H and O–H groups in total. The summed E-state index contributed by atoms with van der Waals surface area (Å²) in [5.74, 6) is 1.49. The first-order chi connectivity index (χ1) is 10.6. The molecule has 0 aliphatic heterocycles. The zero-order chi connectivity index (χ0) is 15.9. The van der Waals surface area contributed by atoms with Crippen molar-refractivity contribution in [2.24, 2.45) is 0 Å². The maximum atomic E-state index is 8.93. The van der Waals surface area contributed by atoms with Gasteiger partial charge in [-0.2, -0.15) is 15.0 Å². The predicted molar refractivity (Wildman–Crippen MR) is 88.4 cm³/mol. The Morgan fingerprint density at radius 2 is 2.05 bits per heavy atom. The van der Waals surface area contributed by atoms with Gasteiger partial charge in [-0.25, -0.2) is 4.98 Å². The fourth-order valence-electron chi connectivity index (χ4n) is 1.73. The summed E-state index contributed by atoms with van der Waals surface area (Å²) in [5, 5.41) is 17.1. The van der Waals surface area contributed by atoms with E-state index in [9.17, 15) is 0 Å². The second-order valence-electron chi connectivity index (χ2n) is 5.07. The molecule has 22 heavy (non-hydrogen) atoms. The molecule has 0 aliphatic rings. The van der Waals surface area contributed by atoms with Gasteiger partial charge >= 0.3 is 0 Å². The van der Waals surface area contributed by atoms with Crippen LogP contribution in [-0.2, 0) is 6.54 Å². The number of nitrogens with one attached hydrogen (secondary N) is 2. The average Bonchev–Trinajstić information content (AvgIpc) is 2.97. The van der Waals surface area contributed by atoms with E-state index in [1.807, 2.05) is 31.2 Å². The van der Waals surface area contributed by atoms with E-state index in [0.717, 1.165) is 5.69 Å². The summed E-state index contributed by atoms with van der Waals surface area (Å²) in [5.41, 5.74) is 2.77. The third-order valence-corrected chi connectivity index (χ3v) is 3.30. The summed E-state index contributed by atoms with van der Waals surface area (Å²) < 4.78 is 0. The van der Waals surface area contributed by atoms with Gasteiger partial charge in [0.15, 0.2) is 0 Å². The first-order valence-corrected chi connectivity index (χ1v) is 7.98. The number of aliphatic hydroxyl groups is 1. The Balaban J connectivity index is 2.19. The standard InChI is InChI=1S/C13H21N7OS/c1-9(2)16-12-17-11(14-4-5-21)18-13(19-12)20(3)6-10-7-22-8-15-10/h7-9,21H,4-6H2,1-3H3,(H2,14,16,17,18,19). The lowest BCUT2D eigenvalue weighted by atomic mass is 10.4. The van der Waals surface area contributed by atoms with Gasteiger partial charge < -0.3 is 20.6 Å². The molecule has 0 spiro atoms. The number of aliphatic hydroxyl groups excluding tert-OH is 1. The van der Waals surface area contributed by atoms with Crippen LogP contribution in [0, 0.1) is 0 Å². The number of hydrogen-bond acceptors (Lipinski definition) is 9. The summed E-state index contributed by atoms with van der Waals surface area (Å²) in [6.07, 6.45) is 0. The summed E-state index contributed by atoms with van der Waals surface area (Å²) in [6, 6.07) is 0.213. The molecule has 8 nitrogen and oxygen atoms in total. The van der Waals surface area contributed by atoms with Crippen molar-refractivity contribution in [3.63, 3.8) is 0 Å². The van der Waals surface area contributed by atoms with Gasteiger partial charge in [0.05, 0.1) is 24.4 Å². The molecule has 0 fully saturated rings. The maximum absolute atomic E-state index is 8.93. The number of anilines is 3. The van der Waals surface area contributed by atoms with Crippen molar-refractivity contribution >= 4 is 29.2 Å². The van der Waals surface area contributed by atoms with Crippen LogP contribution >= 0.6 is 11.3 Å². The maximum Gasteiger partial charge on any atom is 0.232 e. The molecule has 2 aromatic rings. The molecule has 0 aromatic carbocycles. The average molecular weight is 323 g/mol. The second-order valence-corrected chi connectivity index (χ2v) is 5.79. The van der Waals surface area contributed by atoms with Crippen molar-refractivity contribution in [1.82, 2.24) is 19.9 Å². The van der Waals surface area contributed by atoms with Crippen molar-refractivity contribution in [2.75, 3.05) is 35.7 Å². The van der Waals surface area contributed by atoms with Gasteiger partial charge in [0.2, 0.25) is 17.8 Å². The van der Waals surface area contributed by atoms with E-state index in [-0.39, 0.29) is 12.6 Å². The van der Waals surface area contributed by atoms with Gasteiger partial charge in [-0.15, -0.1) is 11.3 Å². The zero-order valence-corrected chi connectivity index (χ0v) is 13.8. The highest BCUT2D eigenvalue weighted by Crippen LogP contribution is 2.15. The summed E-state index contributed by atoms with van der Waals surface area (Å²) in [7, 11) is 1.91. The smallest absolute Gasteiger partial charge is 0.232 e. The molecule has 0 bridgehead atoms. The van der Waals surface area contributed by atoms with Crippen LogP contribution in [0.15, 0.2) is 10.9 Å². The summed E-state index contributed by atoms with van der Waals surface area (Å²) in [4.78, 5) is 19.3. The zero-order valence-electron chi connectivity index (χ0n) is 12.9. The number of rotatable bonds is 8. The monoisotopic (exact) mass is 323 g/mol. The molecule has 0 radical (unpaired) electrons. The van der Waals surface area contributed by atoms with Crippen LogP contribution in [0.1, 0.15) is 19.5 Å². The van der Waals surface area contributed by atoms with Gasteiger partial charge in [0.1, 0.15) is 0 Å². The Labute approximate surface area is 133 Å². The highest BCUT2D eigenvalue weighted by atomic mass is 32.1. The lowest BCUT2D eigenvalue weighted by Gasteiger charge is -2.18. The van der Waals surface area contributed by atoms with Crippen molar-refractivity contribution in [3.8, 4) is 0 Å². The highest BCUT2D eigenvalue weighted by molar-refractivity contribution is 7.07. The van der Waals surface area contributed by atoms with Gasteiger partial charge in [-0.3, -0.25) is 0 Å². The molecular formula is C13H21N7OS. The van der Waals surface area contributed by atoms with Crippen molar-refractivity contribution < 1.29 is 5.11 Å². The van der Waals surface area contributed by atoms with Crippen LogP contribution in [-0.4, -0.2) is 51.3 Å². The van der Waals surface area contributed by atoms with Crippen LogP contribution < -0.4 is 15.5 Å². The molecule has 0 amide bonds. The van der Waals surface area contributed by atoms with Crippen LogP contribution in [0.4, 0.5) is 17.8 Å². The van der Waals surface area contributed by atoms with E-state index in [1.165, 1.54) is 0 Å². The minimum absolute atomic E-state index is 0.0165. The molecule has 0 saturated heterocycles. The third-order valence-electron chi connectivity index (χ3n) is 2.66. The largest absolute Gasteiger partial charge is 0.395 e. The number of nitrogens with zero attached hydrogens (tertiary/aromatic N) is 5. The lowest BCUT2D eigenvalue weighted by molar-refractivity contribution is 0.311. The molecule has 2 aromatic heterocycles. The Hall–Kier alpha value is -2.00. The molecule has 0 saturated carbocycles. The van der Waals surface area contributed by atoms with Gasteiger partial charge in [-0.05, 0) is 13.8 Å². The second kappa shape index (κ2) is 7.85. The minimum atomic E-state index is 0.0165. The Bertz CT molecular complexity index is 576. The minimum Gasteiger partial charge on any atom is -0.395 e. The van der Waals surface area contributed by atoms with E-state index < -0.39 is 0 Å². The van der Waals surface area contributed by atoms with Gasteiger partial charge in [0.25, 0.3) is 0 Å². The quantitative estimate of drug-likeness (QED) is 0.666. The fraction of sp³-hybridized carbons (Fsp3) is 0.538. The predicted octanol–water partition coefficient (Wildman–Crippen LogP) is 1.19. The van der Waals surface area contributed by atoms with Crippen molar-refractivity contribution in [2.45, 2.75) is 26.4 Å². The Kier molecular flexibility index (Phi) is 5.84. The molecule has 0 aliphatic carbocycles. The van der Waals surface area contributed by atoms with Gasteiger partial charge in [-0.1, -0.05) is 0 Å². The lowest BCUT2D eigenvalue weighted by Crippen LogP contribution is -2.23. The summed E-state index contributed by atoms with van der Waals surface area (Å²) in [6.45, 7) is 5.06. The normalized spacial score (nSPS) is 10.8.